The van der Waals surface area contributed by atoms with Gasteiger partial charge in [0, 0.05) is 11.3 Å². The summed E-state index contributed by atoms with van der Waals surface area (Å²) in [5, 5.41) is 12.3. The molecule has 0 saturated heterocycles. The van der Waals surface area contributed by atoms with Crippen molar-refractivity contribution in [3.05, 3.63) is 64.3 Å². The predicted octanol–water partition coefficient (Wildman–Crippen LogP) is 6.08. The van der Waals surface area contributed by atoms with E-state index in [2.05, 4.69) is 16.4 Å². The second-order valence-electron chi connectivity index (χ2n) is 5.53. The molecule has 1 heterocycles. The Morgan fingerprint density at radius 3 is 2.35 bits per heavy atom. The molecule has 0 aliphatic heterocycles. The Labute approximate surface area is 157 Å². The summed E-state index contributed by atoms with van der Waals surface area (Å²) >= 11 is 5.99. The largest absolute Gasteiger partial charge is 0.478 e. The van der Waals surface area contributed by atoms with E-state index in [1.165, 1.54) is 6.07 Å². The van der Waals surface area contributed by atoms with Gasteiger partial charge in [0.1, 0.15) is 0 Å². The Hall–Kier alpha value is -2.79. The Morgan fingerprint density at radius 2 is 1.77 bits per heavy atom. The van der Waals surface area contributed by atoms with Crippen LogP contribution in [0.2, 0.25) is 5.02 Å². The number of rotatable bonds is 4. The standard InChI is InChI=1S/C18H15ClN2O3.C2H6/c1-10-5-11(2)7-13(6-10)21-18-20-9-16(24-18)12-3-4-14(17(22)23)15(19)8-12;1-2/h3-9H,1-2H3,(H,20,21)(H,22,23);1-2H3. The molecule has 2 N–H and O–H groups in total. The van der Waals surface area contributed by atoms with E-state index in [0.717, 1.165) is 16.8 Å². The quantitative estimate of drug-likeness (QED) is 0.580. The zero-order chi connectivity index (χ0) is 19.3. The summed E-state index contributed by atoms with van der Waals surface area (Å²) in [7, 11) is 0. The van der Waals surface area contributed by atoms with Crippen molar-refractivity contribution in [1.82, 2.24) is 4.98 Å². The summed E-state index contributed by atoms with van der Waals surface area (Å²) in [5.41, 5.74) is 3.88. The van der Waals surface area contributed by atoms with Crippen LogP contribution in [0.25, 0.3) is 11.3 Å². The highest BCUT2D eigenvalue weighted by atomic mass is 35.5. The number of hydrogen-bond donors (Lipinski definition) is 2. The molecule has 0 fully saturated rings. The molecule has 0 aliphatic rings. The van der Waals surface area contributed by atoms with E-state index in [9.17, 15) is 4.79 Å². The Kier molecular flexibility index (Phi) is 6.41. The molecule has 0 bridgehead atoms. The fourth-order valence-electron chi connectivity index (χ4n) is 2.48. The van der Waals surface area contributed by atoms with Gasteiger partial charge >= 0.3 is 5.97 Å². The highest BCUT2D eigenvalue weighted by Gasteiger charge is 2.12. The number of aromatic nitrogens is 1. The number of halogens is 1. The summed E-state index contributed by atoms with van der Waals surface area (Å²) in [4.78, 5) is 15.2. The van der Waals surface area contributed by atoms with Crippen LogP contribution in [0.5, 0.6) is 0 Å². The topological polar surface area (TPSA) is 75.4 Å². The van der Waals surface area contributed by atoms with Gasteiger partial charge in [0.2, 0.25) is 0 Å². The lowest BCUT2D eigenvalue weighted by Crippen LogP contribution is -1.96. The zero-order valence-corrected chi connectivity index (χ0v) is 15.9. The van der Waals surface area contributed by atoms with Crippen LogP contribution in [-0.2, 0) is 0 Å². The number of hydrogen-bond acceptors (Lipinski definition) is 4. The van der Waals surface area contributed by atoms with Gasteiger partial charge in [0.25, 0.3) is 6.01 Å². The fraction of sp³-hybridized carbons (Fsp3) is 0.200. The van der Waals surface area contributed by atoms with E-state index >= 15 is 0 Å². The zero-order valence-electron chi connectivity index (χ0n) is 15.1. The molecule has 0 unspecified atom stereocenters. The number of carboxylic acid groups (broad SMARTS) is 1. The first-order valence-corrected chi connectivity index (χ1v) is 8.64. The maximum Gasteiger partial charge on any atom is 0.337 e. The van der Waals surface area contributed by atoms with Crippen molar-refractivity contribution in [2.75, 3.05) is 5.32 Å². The molecule has 136 valence electrons. The average Bonchev–Trinajstić information content (AvgIpc) is 3.03. The summed E-state index contributed by atoms with van der Waals surface area (Å²) in [5.74, 6) is -0.568. The molecule has 26 heavy (non-hydrogen) atoms. The smallest absolute Gasteiger partial charge is 0.337 e. The lowest BCUT2D eigenvalue weighted by atomic mass is 10.1. The van der Waals surface area contributed by atoms with Gasteiger partial charge in [0.05, 0.1) is 16.8 Å². The van der Waals surface area contributed by atoms with Crippen molar-refractivity contribution < 1.29 is 14.3 Å². The number of carbonyl (C=O) groups is 1. The molecule has 3 rings (SSSR count). The van der Waals surface area contributed by atoms with Gasteiger partial charge in [-0.3, -0.25) is 0 Å². The second-order valence-corrected chi connectivity index (χ2v) is 5.94. The van der Waals surface area contributed by atoms with Crippen LogP contribution in [0, 0.1) is 13.8 Å². The first-order chi connectivity index (χ1) is 12.4. The van der Waals surface area contributed by atoms with Crippen molar-refractivity contribution in [1.29, 1.82) is 0 Å². The predicted molar refractivity (Wildman–Crippen MR) is 104 cm³/mol. The maximum atomic E-state index is 11.0. The van der Waals surface area contributed by atoms with Crippen LogP contribution < -0.4 is 5.32 Å². The molecular formula is C20H21ClN2O3. The maximum absolute atomic E-state index is 11.0. The third-order valence-corrected chi connectivity index (χ3v) is 3.78. The van der Waals surface area contributed by atoms with Crippen LogP contribution in [0.4, 0.5) is 11.7 Å². The minimum atomic E-state index is -1.07. The lowest BCUT2D eigenvalue weighted by Gasteiger charge is -2.05. The third kappa shape index (κ3) is 4.64. The summed E-state index contributed by atoms with van der Waals surface area (Å²) in [6, 6.07) is 11.1. The van der Waals surface area contributed by atoms with Gasteiger partial charge in [-0.15, -0.1) is 0 Å². The molecule has 0 atom stereocenters. The minimum absolute atomic E-state index is 0.0496. The first kappa shape index (κ1) is 19.5. The van der Waals surface area contributed by atoms with Crippen LogP contribution in [0.3, 0.4) is 0 Å². The van der Waals surface area contributed by atoms with Crippen LogP contribution >= 0.6 is 11.6 Å². The lowest BCUT2D eigenvalue weighted by molar-refractivity contribution is 0.0697. The van der Waals surface area contributed by atoms with E-state index < -0.39 is 5.97 Å². The molecule has 0 aliphatic carbocycles. The van der Waals surface area contributed by atoms with Crippen LogP contribution in [-0.4, -0.2) is 16.1 Å². The normalized spacial score (nSPS) is 10.0. The van der Waals surface area contributed by atoms with Gasteiger partial charge in [-0.05, 0) is 49.2 Å². The number of anilines is 2. The molecule has 0 amide bonds. The van der Waals surface area contributed by atoms with E-state index in [4.69, 9.17) is 21.1 Å². The highest BCUT2D eigenvalue weighted by Crippen LogP contribution is 2.28. The first-order valence-electron chi connectivity index (χ1n) is 8.27. The Bertz CT molecular complexity index is 899. The monoisotopic (exact) mass is 372 g/mol. The van der Waals surface area contributed by atoms with Crippen molar-refractivity contribution in [2.45, 2.75) is 27.7 Å². The van der Waals surface area contributed by atoms with E-state index in [1.54, 1.807) is 18.3 Å². The van der Waals surface area contributed by atoms with Gasteiger partial charge in [0.15, 0.2) is 5.76 Å². The van der Waals surface area contributed by atoms with E-state index in [1.807, 2.05) is 39.8 Å². The number of aromatic carboxylic acids is 1. The molecule has 0 spiro atoms. The van der Waals surface area contributed by atoms with Crippen LogP contribution in [0.15, 0.2) is 47.0 Å². The van der Waals surface area contributed by atoms with E-state index in [0.29, 0.717) is 17.3 Å². The van der Waals surface area contributed by atoms with Crippen molar-refractivity contribution in [2.24, 2.45) is 0 Å². The molecule has 0 saturated carbocycles. The van der Waals surface area contributed by atoms with Gasteiger partial charge in [-0.2, -0.15) is 0 Å². The van der Waals surface area contributed by atoms with Crippen molar-refractivity contribution >= 4 is 29.3 Å². The van der Waals surface area contributed by atoms with Crippen molar-refractivity contribution in [3.8, 4) is 11.3 Å². The second kappa shape index (κ2) is 8.54. The molecule has 1 aromatic heterocycles. The summed E-state index contributed by atoms with van der Waals surface area (Å²) in [6.07, 6.45) is 1.57. The molecule has 5 nitrogen and oxygen atoms in total. The van der Waals surface area contributed by atoms with E-state index in [-0.39, 0.29) is 10.6 Å². The molecule has 6 heteroatoms. The Balaban J connectivity index is 0.00000117. The van der Waals surface area contributed by atoms with Gasteiger partial charge in [-0.1, -0.05) is 37.6 Å². The minimum Gasteiger partial charge on any atom is -0.478 e. The molecule has 2 aromatic carbocycles. The number of benzene rings is 2. The number of aryl methyl sites for hydroxylation is 2. The Morgan fingerprint density at radius 1 is 1.12 bits per heavy atom. The van der Waals surface area contributed by atoms with Crippen molar-refractivity contribution in [3.63, 3.8) is 0 Å². The third-order valence-electron chi connectivity index (χ3n) is 3.46. The summed E-state index contributed by atoms with van der Waals surface area (Å²) in [6.45, 7) is 8.04. The SMILES string of the molecule is CC.Cc1cc(C)cc(Nc2ncc(-c3ccc(C(=O)O)c(Cl)c3)o2)c1. The number of carboxylic acids is 1. The number of nitrogens with zero attached hydrogens (tertiary/aromatic N) is 1. The molecule has 0 radical (unpaired) electrons. The van der Waals surface area contributed by atoms with Gasteiger partial charge in [-0.25, -0.2) is 9.78 Å². The molecular weight excluding hydrogens is 352 g/mol. The highest BCUT2D eigenvalue weighted by molar-refractivity contribution is 6.33. The fourth-order valence-corrected chi connectivity index (χ4v) is 2.74. The number of nitrogens with one attached hydrogen (secondary N) is 1. The molecule has 3 aromatic rings. The average molecular weight is 373 g/mol. The summed E-state index contributed by atoms with van der Waals surface area (Å²) < 4.78 is 5.68. The van der Waals surface area contributed by atoms with Crippen LogP contribution in [0.1, 0.15) is 35.3 Å². The number of oxazole rings is 1. The van der Waals surface area contributed by atoms with Gasteiger partial charge < -0.3 is 14.8 Å².